The molecule has 0 spiro atoms. The largest absolute Gasteiger partial charge is 0.354 e. The highest BCUT2D eigenvalue weighted by atomic mass is 16.1. The Morgan fingerprint density at radius 2 is 1.85 bits per heavy atom. The molecule has 13 heavy (non-hydrogen) atoms. The van der Waals surface area contributed by atoms with Crippen molar-refractivity contribution in [3.8, 4) is 0 Å². The van der Waals surface area contributed by atoms with E-state index in [9.17, 15) is 4.79 Å². The van der Waals surface area contributed by atoms with Gasteiger partial charge in [-0.3, -0.25) is 4.79 Å². The van der Waals surface area contributed by atoms with Gasteiger partial charge in [0.1, 0.15) is 0 Å². The SMILES string of the molecule is CC(C)NC(=O)CC(N)C(C)(C)C. The molecule has 3 heteroatoms. The van der Waals surface area contributed by atoms with E-state index >= 15 is 0 Å². The molecule has 3 N–H and O–H groups in total. The van der Waals surface area contributed by atoms with Crippen LogP contribution in [0.4, 0.5) is 0 Å². The first-order valence-electron chi connectivity index (χ1n) is 4.78. The molecule has 0 fully saturated rings. The summed E-state index contributed by atoms with van der Waals surface area (Å²) in [5.41, 5.74) is 5.86. The van der Waals surface area contributed by atoms with Crippen LogP contribution in [0.2, 0.25) is 0 Å². The van der Waals surface area contributed by atoms with Gasteiger partial charge in [0.05, 0.1) is 0 Å². The molecule has 0 aliphatic rings. The van der Waals surface area contributed by atoms with Crippen LogP contribution in [0.15, 0.2) is 0 Å². The number of amides is 1. The Morgan fingerprint density at radius 3 is 2.15 bits per heavy atom. The Morgan fingerprint density at radius 1 is 1.38 bits per heavy atom. The van der Waals surface area contributed by atoms with Gasteiger partial charge in [-0.1, -0.05) is 20.8 Å². The quantitative estimate of drug-likeness (QED) is 0.697. The molecule has 0 radical (unpaired) electrons. The lowest BCUT2D eigenvalue weighted by atomic mass is 9.85. The van der Waals surface area contributed by atoms with Gasteiger partial charge in [-0.25, -0.2) is 0 Å². The smallest absolute Gasteiger partial charge is 0.221 e. The predicted molar refractivity (Wildman–Crippen MR) is 55.3 cm³/mol. The summed E-state index contributed by atoms with van der Waals surface area (Å²) in [4.78, 5) is 11.3. The second kappa shape index (κ2) is 4.61. The third-order valence-electron chi connectivity index (χ3n) is 1.97. The molecule has 0 heterocycles. The van der Waals surface area contributed by atoms with Crippen LogP contribution in [0, 0.1) is 5.41 Å². The number of nitrogens with one attached hydrogen (secondary N) is 1. The topological polar surface area (TPSA) is 55.1 Å². The maximum atomic E-state index is 11.3. The van der Waals surface area contributed by atoms with Gasteiger partial charge in [0, 0.05) is 18.5 Å². The van der Waals surface area contributed by atoms with E-state index in [-0.39, 0.29) is 23.4 Å². The van der Waals surface area contributed by atoms with Crippen molar-refractivity contribution < 1.29 is 4.79 Å². The van der Waals surface area contributed by atoms with Gasteiger partial charge in [0.2, 0.25) is 5.91 Å². The van der Waals surface area contributed by atoms with Crippen molar-refractivity contribution in [2.45, 2.75) is 53.1 Å². The third kappa shape index (κ3) is 5.64. The van der Waals surface area contributed by atoms with E-state index in [4.69, 9.17) is 5.73 Å². The van der Waals surface area contributed by atoms with Crippen molar-refractivity contribution in [2.24, 2.45) is 11.1 Å². The molecule has 0 saturated heterocycles. The second-order valence-electron chi connectivity index (χ2n) is 4.90. The van der Waals surface area contributed by atoms with Crippen LogP contribution in [-0.2, 0) is 4.79 Å². The Hall–Kier alpha value is -0.570. The number of rotatable bonds is 3. The van der Waals surface area contributed by atoms with Crippen molar-refractivity contribution in [2.75, 3.05) is 0 Å². The van der Waals surface area contributed by atoms with Gasteiger partial charge >= 0.3 is 0 Å². The molecule has 0 aromatic carbocycles. The molecule has 0 saturated carbocycles. The van der Waals surface area contributed by atoms with Gasteiger partial charge in [-0.05, 0) is 19.3 Å². The average Bonchev–Trinajstić information content (AvgIpc) is 1.82. The third-order valence-corrected chi connectivity index (χ3v) is 1.97. The van der Waals surface area contributed by atoms with Gasteiger partial charge in [0.15, 0.2) is 0 Å². The van der Waals surface area contributed by atoms with Crippen molar-refractivity contribution in [1.82, 2.24) is 5.32 Å². The Balaban J connectivity index is 3.93. The Kier molecular flexibility index (Phi) is 4.40. The minimum atomic E-state index is -0.0775. The summed E-state index contributed by atoms with van der Waals surface area (Å²) in [5.74, 6) is 0.0393. The van der Waals surface area contributed by atoms with Crippen LogP contribution >= 0.6 is 0 Å². The zero-order valence-electron chi connectivity index (χ0n) is 9.35. The van der Waals surface area contributed by atoms with E-state index in [1.165, 1.54) is 0 Å². The fourth-order valence-corrected chi connectivity index (χ4v) is 0.887. The molecule has 0 rings (SSSR count). The molecular formula is C10H22N2O. The minimum Gasteiger partial charge on any atom is -0.354 e. The molecule has 0 aromatic rings. The Bertz CT molecular complexity index is 170. The number of nitrogens with two attached hydrogens (primary N) is 1. The molecular weight excluding hydrogens is 164 g/mol. The summed E-state index contributed by atoms with van der Waals surface area (Å²) < 4.78 is 0. The molecule has 1 amide bonds. The van der Waals surface area contributed by atoms with Crippen LogP contribution in [-0.4, -0.2) is 18.0 Å². The summed E-state index contributed by atoms with van der Waals surface area (Å²) in [6, 6.07) is 0.117. The number of carbonyl (C=O) groups is 1. The first-order chi connectivity index (χ1) is 5.73. The van der Waals surface area contributed by atoms with Crippen molar-refractivity contribution in [1.29, 1.82) is 0 Å². The fourth-order valence-electron chi connectivity index (χ4n) is 0.887. The standard InChI is InChI=1S/C10H22N2O/c1-7(2)12-9(13)6-8(11)10(3,4)5/h7-8H,6,11H2,1-5H3,(H,12,13). The maximum Gasteiger partial charge on any atom is 0.221 e. The second-order valence-corrected chi connectivity index (χ2v) is 4.90. The van der Waals surface area contributed by atoms with E-state index in [0.29, 0.717) is 6.42 Å². The molecule has 0 aliphatic carbocycles. The summed E-state index contributed by atoms with van der Waals surface area (Å²) in [7, 11) is 0. The molecule has 1 unspecified atom stereocenters. The van der Waals surface area contributed by atoms with Crippen molar-refractivity contribution >= 4 is 5.91 Å². The number of hydrogen-bond acceptors (Lipinski definition) is 2. The molecule has 0 aromatic heterocycles. The normalized spacial score (nSPS) is 14.4. The number of carbonyl (C=O) groups excluding carboxylic acids is 1. The van der Waals surface area contributed by atoms with Crippen LogP contribution in [0.5, 0.6) is 0 Å². The van der Waals surface area contributed by atoms with Gasteiger partial charge < -0.3 is 11.1 Å². The summed E-state index contributed by atoms with van der Waals surface area (Å²) in [6.07, 6.45) is 0.404. The predicted octanol–water partition coefficient (Wildman–Crippen LogP) is 1.27. The summed E-state index contributed by atoms with van der Waals surface area (Å²) >= 11 is 0. The van der Waals surface area contributed by atoms with E-state index in [1.807, 2.05) is 34.6 Å². The highest BCUT2D eigenvalue weighted by Gasteiger charge is 2.23. The first kappa shape index (κ1) is 12.4. The van der Waals surface area contributed by atoms with Crippen LogP contribution in [0.1, 0.15) is 41.0 Å². The number of hydrogen-bond donors (Lipinski definition) is 2. The average molecular weight is 186 g/mol. The zero-order valence-corrected chi connectivity index (χ0v) is 9.35. The lowest BCUT2D eigenvalue weighted by Gasteiger charge is -2.26. The molecule has 0 aliphatic heterocycles. The van der Waals surface area contributed by atoms with Gasteiger partial charge in [0.25, 0.3) is 0 Å². The molecule has 0 bridgehead atoms. The van der Waals surface area contributed by atoms with Crippen LogP contribution in [0.3, 0.4) is 0 Å². The highest BCUT2D eigenvalue weighted by molar-refractivity contribution is 5.76. The van der Waals surface area contributed by atoms with E-state index < -0.39 is 0 Å². The lowest BCUT2D eigenvalue weighted by molar-refractivity contribution is -0.122. The van der Waals surface area contributed by atoms with Gasteiger partial charge in [-0.15, -0.1) is 0 Å². The lowest BCUT2D eigenvalue weighted by Crippen LogP contribution is -2.41. The van der Waals surface area contributed by atoms with Crippen molar-refractivity contribution in [3.05, 3.63) is 0 Å². The van der Waals surface area contributed by atoms with Gasteiger partial charge in [-0.2, -0.15) is 0 Å². The first-order valence-corrected chi connectivity index (χ1v) is 4.78. The fraction of sp³-hybridized carbons (Fsp3) is 0.900. The molecule has 3 nitrogen and oxygen atoms in total. The van der Waals surface area contributed by atoms with Crippen molar-refractivity contribution in [3.63, 3.8) is 0 Å². The van der Waals surface area contributed by atoms with Crippen LogP contribution in [0.25, 0.3) is 0 Å². The monoisotopic (exact) mass is 186 g/mol. The molecule has 78 valence electrons. The zero-order chi connectivity index (χ0) is 10.6. The Labute approximate surface area is 81.1 Å². The minimum absolute atomic E-state index is 0.00564. The van der Waals surface area contributed by atoms with Crippen LogP contribution < -0.4 is 11.1 Å². The van der Waals surface area contributed by atoms with E-state index in [2.05, 4.69) is 5.32 Å². The van der Waals surface area contributed by atoms with E-state index in [0.717, 1.165) is 0 Å². The summed E-state index contributed by atoms with van der Waals surface area (Å²) in [6.45, 7) is 10.0. The highest BCUT2D eigenvalue weighted by Crippen LogP contribution is 2.19. The molecule has 1 atom stereocenters. The maximum absolute atomic E-state index is 11.3. The summed E-state index contributed by atoms with van der Waals surface area (Å²) in [5, 5.41) is 2.83. The van der Waals surface area contributed by atoms with E-state index in [1.54, 1.807) is 0 Å².